The highest BCUT2D eigenvalue weighted by atomic mass is 32.1. The van der Waals surface area contributed by atoms with Crippen LogP contribution in [-0.2, 0) is 4.74 Å². The van der Waals surface area contributed by atoms with Gasteiger partial charge < -0.3 is 20.1 Å². The number of nitrogens with one attached hydrogen (secondary N) is 2. The maximum absolute atomic E-state index is 5.65. The van der Waals surface area contributed by atoms with Crippen molar-refractivity contribution in [3.8, 4) is 5.75 Å². The molecule has 1 aromatic carbocycles. The van der Waals surface area contributed by atoms with Crippen LogP contribution in [0.3, 0.4) is 0 Å². The van der Waals surface area contributed by atoms with Crippen LogP contribution in [0.2, 0.25) is 0 Å². The van der Waals surface area contributed by atoms with E-state index in [2.05, 4.69) is 10.6 Å². The molecule has 1 atom stereocenters. The first-order valence-electron chi connectivity index (χ1n) is 7.06. The summed E-state index contributed by atoms with van der Waals surface area (Å²) in [6, 6.07) is 7.80. The molecule has 20 heavy (non-hydrogen) atoms. The molecule has 0 saturated carbocycles. The van der Waals surface area contributed by atoms with Crippen molar-refractivity contribution in [2.24, 2.45) is 0 Å². The Hall–Kier alpha value is -1.33. The highest BCUT2D eigenvalue weighted by molar-refractivity contribution is 7.80. The predicted octanol–water partition coefficient (Wildman–Crippen LogP) is 2.94. The van der Waals surface area contributed by atoms with Gasteiger partial charge in [0.1, 0.15) is 5.75 Å². The topological polar surface area (TPSA) is 42.5 Å². The summed E-state index contributed by atoms with van der Waals surface area (Å²) < 4.78 is 11.2. The molecule has 1 fully saturated rings. The maximum Gasteiger partial charge on any atom is 0.170 e. The molecule has 4 nitrogen and oxygen atoms in total. The van der Waals surface area contributed by atoms with E-state index in [1.807, 2.05) is 38.1 Å². The summed E-state index contributed by atoms with van der Waals surface area (Å²) in [5.74, 6) is 0.840. The van der Waals surface area contributed by atoms with E-state index in [0.29, 0.717) is 5.11 Å². The molecule has 0 bridgehead atoms. The number of benzene rings is 1. The van der Waals surface area contributed by atoms with E-state index in [1.54, 1.807) is 0 Å². The number of hydrogen-bond donors (Lipinski definition) is 2. The fourth-order valence-corrected chi connectivity index (χ4v) is 2.31. The molecule has 5 heteroatoms. The molecule has 1 unspecified atom stereocenters. The minimum atomic E-state index is 0.162. The van der Waals surface area contributed by atoms with Crippen molar-refractivity contribution in [2.45, 2.75) is 38.9 Å². The zero-order valence-corrected chi connectivity index (χ0v) is 12.8. The Balaban J connectivity index is 1.80. The monoisotopic (exact) mass is 294 g/mol. The van der Waals surface area contributed by atoms with E-state index >= 15 is 0 Å². The van der Waals surface area contributed by atoms with Gasteiger partial charge in [-0.1, -0.05) is 6.07 Å². The van der Waals surface area contributed by atoms with Crippen molar-refractivity contribution in [2.75, 3.05) is 18.5 Å². The van der Waals surface area contributed by atoms with Gasteiger partial charge in [-0.15, -0.1) is 0 Å². The number of rotatable bonds is 5. The average molecular weight is 294 g/mol. The summed E-state index contributed by atoms with van der Waals surface area (Å²) >= 11 is 5.28. The van der Waals surface area contributed by atoms with Crippen molar-refractivity contribution in [1.29, 1.82) is 0 Å². The lowest BCUT2D eigenvalue weighted by Gasteiger charge is -2.15. The molecule has 2 rings (SSSR count). The number of hydrogen-bond acceptors (Lipinski definition) is 3. The van der Waals surface area contributed by atoms with Gasteiger partial charge in [-0.05, 0) is 51.0 Å². The molecule has 1 heterocycles. The molecule has 0 aliphatic carbocycles. The SMILES string of the molecule is CC(C)Oc1cccc(NC(=S)NCC2CCCO2)c1. The lowest BCUT2D eigenvalue weighted by atomic mass is 10.2. The highest BCUT2D eigenvalue weighted by Crippen LogP contribution is 2.18. The molecule has 0 spiro atoms. The standard InChI is InChI=1S/C15H22N2O2S/c1-11(2)19-13-6-3-5-12(9-13)17-15(20)16-10-14-7-4-8-18-14/h3,5-6,9,11,14H,4,7-8,10H2,1-2H3,(H2,16,17,20). The third-order valence-electron chi connectivity index (χ3n) is 2.98. The van der Waals surface area contributed by atoms with Gasteiger partial charge in [0.25, 0.3) is 0 Å². The Morgan fingerprint density at radius 1 is 1.50 bits per heavy atom. The maximum atomic E-state index is 5.65. The Labute approximate surface area is 125 Å². The fourth-order valence-electron chi connectivity index (χ4n) is 2.11. The van der Waals surface area contributed by atoms with Gasteiger partial charge in [0.05, 0.1) is 12.2 Å². The van der Waals surface area contributed by atoms with Gasteiger partial charge in [0.2, 0.25) is 0 Å². The van der Waals surface area contributed by atoms with Crippen molar-refractivity contribution in [3.63, 3.8) is 0 Å². The lowest BCUT2D eigenvalue weighted by Crippen LogP contribution is -2.34. The van der Waals surface area contributed by atoms with Crippen molar-refractivity contribution in [1.82, 2.24) is 5.32 Å². The van der Waals surface area contributed by atoms with Crippen LogP contribution < -0.4 is 15.4 Å². The summed E-state index contributed by atoms with van der Waals surface area (Å²) in [7, 11) is 0. The van der Waals surface area contributed by atoms with E-state index < -0.39 is 0 Å². The second-order valence-electron chi connectivity index (χ2n) is 5.16. The third kappa shape index (κ3) is 4.98. The first-order valence-corrected chi connectivity index (χ1v) is 7.47. The Morgan fingerprint density at radius 2 is 2.35 bits per heavy atom. The molecular formula is C15H22N2O2S. The molecule has 110 valence electrons. The van der Waals surface area contributed by atoms with Gasteiger partial charge in [0, 0.05) is 24.9 Å². The molecule has 0 radical (unpaired) electrons. The van der Waals surface area contributed by atoms with Crippen LogP contribution in [0.25, 0.3) is 0 Å². The van der Waals surface area contributed by atoms with Gasteiger partial charge in [-0.2, -0.15) is 0 Å². The highest BCUT2D eigenvalue weighted by Gasteiger charge is 2.15. The largest absolute Gasteiger partial charge is 0.491 e. The lowest BCUT2D eigenvalue weighted by molar-refractivity contribution is 0.114. The van der Waals surface area contributed by atoms with E-state index in [9.17, 15) is 0 Å². The molecule has 1 aromatic rings. The first-order chi connectivity index (χ1) is 9.63. The Kier molecular flexibility index (Phi) is 5.61. The molecule has 0 amide bonds. The minimum Gasteiger partial charge on any atom is -0.491 e. The number of anilines is 1. The summed E-state index contributed by atoms with van der Waals surface area (Å²) in [4.78, 5) is 0. The molecule has 1 aliphatic heterocycles. The van der Waals surface area contributed by atoms with Gasteiger partial charge in [-0.3, -0.25) is 0 Å². The van der Waals surface area contributed by atoms with E-state index in [-0.39, 0.29) is 12.2 Å². The minimum absolute atomic E-state index is 0.162. The summed E-state index contributed by atoms with van der Waals surface area (Å²) in [5.41, 5.74) is 0.924. The number of ether oxygens (including phenoxy) is 2. The third-order valence-corrected chi connectivity index (χ3v) is 3.22. The Morgan fingerprint density at radius 3 is 3.05 bits per heavy atom. The molecule has 1 saturated heterocycles. The van der Waals surface area contributed by atoms with Gasteiger partial charge in [0.15, 0.2) is 5.11 Å². The van der Waals surface area contributed by atoms with Crippen LogP contribution in [0.15, 0.2) is 24.3 Å². The van der Waals surface area contributed by atoms with Crippen LogP contribution >= 0.6 is 12.2 Å². The molecule has 2 N–H and O–H groups in total. The van der Waals surface area contributed by atoms with Crippen LogP contribution in [0, 0.1) is 0 Å². The Bertz CT molecular complexity index is 445. The number of thiocarbonyl (C=S) groups is 1. The summed E-state index contributed by atoms with van der Waals surface area (Å²) in [6.45, 7) is 5.64. The quantitative estimate of drug-likeness (QED) is 0.817. The zero-order valence-electron chi connectivity index (χ0n) is 12.0. The predicted molar refractivity (Wildman–Crippen MR) is 85.4 cm³/mol. The van der Waals surface area contributed by atoms with E-state index in [4.69, 9.17) is 21.7 Å². The normalized spacial score (nSPS) is 18.1. The average Bonchev–Trinajstić information content (AvgIpc) is 2.89. The van der Waals surface area contributed by atoms with E-state index in [1.165, 1.54) is 0 Å². The van der Waals surface area contributed by atoms with Crippen LogP contribution in [0.5, 0.6) is 5.75 Å². The second-order valence-corrected chi connectivity index (χ2v) is 5.57. The van der Waals surface area contributed by atoms with Crippen LogP contribution in [-0.4, -0.2) is 30.5 Å². The summed E-state index contributed by atoms with van der Waals surface area (Å²) in [5, 5.41) is 6.97. The molecule has 1 aliphatic rings. The first kappa shape index (κ1) is 15.1. The summed E-state index contributed by atoms with van der Waals surface area (Å²) in [6.07, 6.45) is 2.69. The molecule has 0 aromatic heterocycles. The van der Waals surface area contributed by atoms with Crippen LogP contribution in [0.4, 0.5) is 5.69 Å². The zero-order chi connectivity index (χ0) is 14.4. The van der Waals surface area contributed by atoms with Crippen LogP contribution in [0.1, 0.15) is 26.7 Å². The van der Waals surface area contributed by atoms with Gasteiger partial charge >= 0.3 is 0 Å². The van der Waals surface area contributed by atoms with E-state index in [0.717, 1.165) is 37.4 Å². The van der Waals surface area contributed by atoms with Gasteiger partial charge in [-0.25, -0.2) is 0 Å². The van der Waals surface area contributed by atoms with Crippen molar-refractivity contribution < 1.29 is 9.47 Å². The molecular weight excluding hydrogens is 272 g/mol. The second kappa shape index (κ2) is 7.45. The van der Waals surface area contributed by atoms with Crippen molar-refractivity contribution >= 4 is 23.0 Å². The smallest absolute Gasteiger partial charge is 0.170 e. The van der Waals surface area contributed by atoms with Crippen molar-refractivity contribution in [3.05, 3.63) is 24.3 Å². The fraction of sp³-hybridized carbons (Fsp3) is 0.533.